The lowest BCUT2D eigenvalue weighted by molar-refractivity contribution is -0.137. The van der Waals surface area contributed by atoms with Gasteiger partial charge in [0.25, 0.3) is 5.56 Å². The summed E-state index contributed by atoms with van der Waals surface area (Å²) in [7, 11) is 0. The largest absolute Gasteiger partial charge is 0.418 e. The molecule has 1 saturated heterocycles. The van der Waals surface area contributed by atoms with Crippen molar-refractivity contribution in [1.82, 2.24) is 9.78 Å². The van der Waals surface area contributed by atoms with Crippen LogP contribution < -0.4 is 10.5 Å². The van der Waals surface area contributed by atoms with Crippen molar-refractivity contribution in [3.63, 3.8) is 0 Å². The summed E-state index contributed by atoms with van der Waals surface area (Å²) in [6.07, 6.45) is -3.07. The van der Waals surface area contributed by atoms with Crippen LogP contribution in [0.1, 0.15) is 29.5 Å². The minimum absolute atomic E-state index is 0.196. The highest BCUT2D eigenvalue weighted by Crippen LogP contribution is 2.37. The number of β-amino-alcohol motifs (C(OH)–C–C–N with tert-alkyl or cyclic N) is 1. The number of alkyl halides is 3. The van der Waals surface area contributed by atoms with E-state index in [2.05, 4.69) is 21.0 Å². The van der Waals surface area contributed by atoms with Gasteiger partial charge in [-0.05, 0) is 83.6 Å². The predicted molar refractivity (Wildman–Crippen MR) is 123 cm³/mol. The molecule has 10 heteroatoms. The Morgan fingerprint density at radius 1 is 1.09 bits per heavy atom. The maximum Gasteiger partial charge on any atom is 0.418 e. The molecule has 1 aliphatic carbocycles. The number of aliphatic hydroxyl groups excluding tert-OH is 1. The number of hydrogen-bond acceptors (Lipinski definition) is 4. The van der Waals surface area contributed by atoms with Crippen molar-refractivity contribution < 1.29 is 22.7 Å². The van der Waals surface area contributed by atoms with Crippen LogP contribution in [-0.4, -0.2) is 34.1 Å². The van der Waals surface area contributed by atoms with Gasteiger partial charge in [-0.3, -0.25) is 4.79 Å². The molecule has 34 heavy (non-hydrogen) atoms. The Labute approximate surface area is 200 Å². The first kappa shape index (κ1) is 23.0. The molecule has 0 saturated carbocycles. The van der Waals surface area contributed by atoms with E-state index in [4.69, 9.17) is 0 Å². The van der Waals surface area contributed by atoms with Crippen LogP contribution in [0.2, 0.25) is 0 Å². The van der Waals surface area contributed by atoms with Crippen LogP contribution in [0.4, 0.5) is 23.2 Å². The van der Waals surface area contributed by atoms with Crippen LogP contribution in [0.15, 0.2) is 45.7 Å². The zero-order valence-electron chi connectivity index (χ0n) is 17.9. The second-order valence-electron chi connectivity index (χ2n) is 8.59. The van der Waals surface area contributed by atoms with E-state index >= 15 is 0 Å². The van der Waals surface area contributed by atoms with Gasteiger partial charge in [0.2, 0.25) is 0 Å². The lowest BCUT2D eigenvalue weighted by Gasteiger charge is -2.22. The van der Waals surface area contributed by atoms with E-state index in [1.54, 1.807) is 4.90 Å². The number of aliphatic hydroxyl groups is 1. The molecule has 0 spiro atoms. The van der Waals surface area contributed by atoms with Gasteiger partial charge >= 0.3 is 6.18 Å². The fourth-order valence-electron chi connectivity index (χ4n) is 4.72. The number of fused-ring (bicyclic) bond motifs is 1. The molecule has 3 aromatic rings. The maximum atomic E-state index is 14.0. The number of hydrogen-bond donors (Lipinski definition) is 1. The number of nitrogens with zero attached hydrogens (tertiary/aromatic N) is 3. The van der Waals surface area contributed by atoms with Crippen LogP contribution in [-0.2, 0) is 19.0 Å². The average molecular weight is 538 g/mol. The zero-order valence-corrected chi connectivity index (χ0v) is 19.5. The van der Waals surface area contributed by atoms with Crippen LogP contribution in [0.3, 0.4) is 0 Å². The summed E-state index contributed by atoms with van der Waals surface area (Å²) >= 11 is 3.15. The Kier molecular flexibility index (Phi) is 5.76. The van der Waals surface area contributed by atoms with Crippen molar-refractivity contribution in [2.75, 3.05) is 18.0 Å². The van der Waals surface area contributed by atoms with Gasteiger partial charge in [-0.25, -0.2) is 4.39 Å². The first-order valence-electron chi connectivity index (χ1n) is 10.9. The summed E-state index contributed by atoms with van der Waals surface area (Å²) in [5, 5.41) is 14.3. The minimum Gasteiger partial charge on any atom is -0.391 e. The standard InChI is InChI=1S/C24H20BrF4N3O2/c25-19-10-13(4-7-20(19)26)22-16-2-1-3-17(16)23(34)32(30-22)21-11-14(31-9-8-15(33)12-31)5-6-18(21)24(27,28)29/h4-7,10-11,15,33H,1-3,8-9,12H2/t15-/m0/s1. The first-order chi connectivity index (χ1) is 16.1. The molecule has 1 aliphatic heterocycles. The third-order valence-corrected chi connectivity index (χ3v) is 7.00. The summed E-state index contributed by atoms with van der Waals surface area (Å²) in [6, 6.07) is 7.87. The summed E-state index contributed by atoms with van der Waals surface area (Å²) in [5.74, 6) is -0.478. The van der Waals surface area contributed by atoms with Gasteiger partial charge in [-0.2, -0.15) is 23.0 Å². The van der Waals surface area contributed by atoms with Crippen LogP contribution in [0, 0.1) is 5.82 Å². The number of anilines is 1. The molecule has 2 aliphatic rings. The Morgan fingerprint density at radius 2 is 1.85 bits per heavy atom. The summed E-state index contributed by atoms with van der Waals surface area (Å²) < 4.78 is 56.8. The molecule has 2 aromatic carbocycles. The molecular weight excluding hydrogens is 518 g/mol. The number of rotatable bonds is 3. The van der Waals surface area contributed by atoms with Crippen LogP contribution in [0.25, 0.3) is 16.9 Å². The molecule has 1 aromatic heterocycles. The molecule has 0 bridgehead atoms. The Bertz CT molecular complexity index is 1340. The Balaban J connectivity index is 1.75. The monoisotopic (exact) mass is 537 g/mol. The normalized spacial score (nSPS) is 17.9. The highest BCUT2D eigenvalue weighted by Gasteiger charge is 2.36. The zero-order chi connectivity index (χ0) is 24.2. The van der Waals surface area contributed by atoms with E-state index < -0.39 is 29.2 Å². The van der Waals surface area contributed by atoms with Crippen LogP contribution >= 0.6 is 15.9 Å². The maximum absolute atomic E-state index is 14.0. The van der Waals surface area contributed by atoms with Crippen molar-refractivity contribution in [2.45, 2.75) is 38.0 Å². The molecule has 178 valence electrons. The van der Waals surface area contributed by atoms with Gasteiger partial charge in [0, 0.05) is 29.9 Å². The second-order valence-corrected chi connectivity index (χ2v) is 9.45. The number of halogens is 5. The Hall–Kier alpha value is -2.72. The predicted octanol–water partition coefficient (Wildman–Crippen LogP) is 4.88. The van der Waals surface area contributed by atoms with E-state index in [9.17, 15) is 27.5 Å². The van der Waals surface area contributed by atoms with E-state index in [-0.39, 0.29) is 10.2 Å². The molecule has 5 rings (SSSR count). The van der Waals surface area contributed by atoms with Crippen LogP contribution in [0.5, 0.6) is 0 Å². The lowest BCUT2D eigenvalue weighted by atomic mass is 10.0. The fourth-order valence-corrected chi connectivity index (χ4v) is 5.10. The second kappa shape index (κ2) is 8.49. The smallest absolute Gasteiger partial charge is 0.391 e. The van der Waals surface area contributed by atoms with Gasteiger partial charge in [-0.15, -0.1) is 0 Å². The van der Waals surface area contributed by atoms with Gasteiger partial charge in [0.15, 0.2) is 0 Å². The molecule has 1 fully saturated rings. The molecule has 1 N–H and O–H groups in total. The SMILES string of the molecule is O=c1c2c(c(-c3ccc(F)c(Br)c3)nn1-c1cc(N3CC[C@H](O)C3)ccc1C(F)(F)F)CCC2. The third-order valence-electron chi connectivity index (χ3n) is 6.39. The first-order valence-corrected chi connectivity index (χ1v) is 11.7. The highest BCUT2D eigenvalue weighted by molar-refractivity contribution is 9.10. The lowest BCUT2D eigenvalue weighted by Crippen LogP contribution is -2.29. The third kappa shape index (κ3) is 4.02. The minimum atomic E-state index is -4.71. The van der Waals surface area contributed by atoms with Gasteiger partial charge < -0.3 is 10.0 Å². The topological polar surface area (TPSA) is 58.4 Å². The van der Waals surface area contributed by atoms with Gasteiger partial charge in [-0.1, -0.05) is 0 Å². The molecule has 2 heterocycles. The van der Waals surface area contributed by atoms with E-state index in [0.717, 1.165) is 10.7 Å². The number of benzene rings is 2. The quantitative estimate of drug-likeness (QED) is 0.484. The van der Waals surface area contributed by atoms with Crippen molar-refractivity contribution in [2.24, 2.45) is 0 Å². The average Bonchev–Trinajstić information content (AvgIpc) is 3.45. The van der Waals surface area contributed by atoms with Gasteiger partial charge in [0.1, 0.15) is 5.82 Å². The summed E-state index contributed by atoms with van der Waals surface area (Å²) in [5.41, 5.74) is 0.535. The summed E-state index contributed by atoms with van der Waals surface area (Å²) in [4.78, 5) is 15.1. The van der Waals surface area contributed by atoms with E-state index in [1.165, 1.54) is 30.3 Å². The van der Waals surface area contributed by atoms with Crippen molar-refractivity contribution in [3.05, 3.63) is 73.7 Å². The Morgan fingerprint density at radius 3 is 2.53 bits per heavy atom. The van der Waals surface area contributed by atoms with Crippen molar-refractivity contribution in [3.8, 4) is 16.9 Å². The van der Waals surface area contributed by atoms with Crippen molar-refractivity contribution in [1.29, 1.82) is 0 Å². The summed E-state index contributed by atoms with van der Waals surface area (Å²) in [6.45, 7) is 0.791. The molecule has 0 radical (unpaired) electrons. The van der Waals surface area contributed by atoms with E-state index in [1.807, 2.05) is 0 Å². The fraction of sp³-hybridized carbons (Fsp3) is 0.333. The molecule has 0 unspecified atom stereocenters. The van der Waals surface area contributed by atoms with Gasteiger partial charge in [0.05, 0.1) is 27.5 Å². The molecule has 0 amide bonds. The molecular formula is C24H20BrF4N3O2. The molecule has 5 nitrogen and oxygen atoms in total. The number of aromatic nitrogens is 2. The van der Waals surface area contributed by atoms with Crippen molar-refractivity contribution >= 4 is 21.6 Å². The molecule has 1 atom stereocenters. The van der Waals surface area contributed by atoms with E-state index in [0.29, 0.717) is 66.8 Å². The highest BCUT2D eigenvalue weighted by atomic mass is 79.9.